The highest BCUT2D eigenvalue weighted by atomic mass is 14.9. The molecule has 1 heteroatoms. The van der Waals surface area contributed by atoms with E-state index in [0.717, 1.165) is 25.4 Å². The number of benzene rings is 1. The predicted octanol–water partition coefficient (Wildman–Crippen LogP) is 3.81. The molecule has 17 heavy (non-hydrogen) atoms. The fourth-order valence-electron chi connectivity index (χ4n) is 2.02. The number of rotatable bonds is 6. The zero-order chi connectivity index (χ0) is 12.9. The molecule has 0 saturated heterocycles. The molecule has 0 saturated carbocycles. The van der Waals surface area contributed by atoms with Gasteiger partial charge in [0.25, 0.3) is 0 Å². The number of hydrogen-bond donors (Lipinski definition) is 1. The lowest BCUT2D eigenvalue weighted by Gasteiger charge is -2.26. The van der Waals surface area contributed by atoms with Crippen molar-refractivity contribution >= 4 is 0 Å². The first kappa shape index (κ1) is 14.2. The van der Waals surface area contributed by atoms with Gasteiger partial charge < -0.3 is 5.32 Å². The normalized spacial score (nSPS) is 12.1. The van der Waals surface area contributed by atoms with Gasteiger partial charge in [-0.2, -0.15) is 0 Å². The minimum Gasteiger partial charge on any atom is -0.316 e. The van der Waals surface area contributed by atoms with Crippen molar-refractivity contribution in [2.45, 2.75) is 41.0 Å². The third kappa shape index (κ3) is 5.88. The van der Waals surface area contributed by atoms with Gasteiger partial charge in [0.05, 0.1) is 0 Å². The van der Waals surface area contributed by atoms with E-state index >= 15 is 0 Å². The molecule has 0 radical (unpaired) electrons. The van der Waals surface area contributed by atoms with E-state index in [-0.39, 0.29) is 0 Å². The summed E-state index contributed by atoms with van der Waals surface area (Å²) in [7, 11) is 0. The van der Waals surface area contributed by atoms with Crippen molar-refractivity contribution in [2.24, 2.45) is 11.3 Å². The van der Waals surface area contributed by atoms with Gasteiger partial charge in [-0.15, -0.1) is 0 Å². The van der Waals surface area contributed by atoms with Gasteiger partial charge in [0.2, 0.25) is 0 Å². The summed E-state index contributed by atoms with van der Waals surface area (Å²) in [4.78, 5) is 0. The number of aryl methyl sites for hydroxylation is 1. The molecular weight excluding hydrogens is 206 g/mol. The maximum absolute atomic E-state index is 3.56. The van der Waals surface area contributed by atoms with Crippen molar-refractivity contribution in [1.82, 2.24) is 5.32 Å². The first-order valence-electron chi connectivity index (χ1n) is 6.65. The molecule has 1 nitrogen and oxygen atoms in total. The third-order valence-electron chi connectivity index (χ3n) is 2.96. The summed E-state index contributed by atoms with van der Waals surface area (Å²) in [6.45, 7) is 13.5. The highest BCUT2D eigenvalue weighted by Gasteiger charge is 2.18. The Balaban J connectivity index is 2.45. The molecule has 1 aromatic rings. The predicted molar refractivity (Wildman–Crippen MR) is 76.4 cm³/mol. The molecule has 96 valence electrons. The lowest BCUT2D eigenvalue weighted by molar-refractivity contribution is 0.330. The average Bonchev–Trinajstić information content (AvgIpc) is 2.20. The molecule has 0 fully saturated rings. The average molecular weight is 233 g/mol. The molecule has 1 N–H and O–H groups in total. The highest BCUT2D eigenvalue weighted by molar-refractivity contribution is 5.22. The van der Waals surface area contributed by atoms with Crippen LogP contribution in [0.3, 0.4) is 0 Å². The van der Waals surface area contributed by atoms with E-state index in [4.69, 9.17) is 0 Å². The zero-order valence-corrected chi connectivity index (χ0v) is 12.0. The van der Waals surface area contributed by atoms with Crippen LogP contribution in [0.5, 0.6) is 0 Å². The standard InChI is InChI=1S/C16H27N/c1-13(2)11-17-12-16(4,5)10-15-8-6-14(3)7-9-15/h6-9,13,17H,10-12H2,1-5H3. The maximum Gasteiger partial charge on any atom is 0.000581 e. The SMILES string of the molecule is Cc1ccc(CC(C)(C)CNCC(C)C)cc1. The number of nitrogens with one attached hydrogen (secondary N) is 1. The summed E-state index contributed by atoms with van der Waals surface area (Å²) in [6.07, 6.45) is 1.14. The van der Waals surface area contributed by atoms with Gasteiger partial charge in [-0.25, -0.2) is 0 Å². The molecule has 0 aliphatic rings. The second-order valence-electron chi connectivity index (χ2n) is 6.35. The summed E-state index contributed by atoms with van der Waals surface area (Å²) < 4.78 is 0. The van der Waals surface area contributed by atoms with E-state index in [2.05, 4.69) is 64.2 Å². The van der Waals surface area contributed by atoms with E-state index in [1.807, 2.05) is 0 Å². The van der Waals surface area contributed by atoms with Gasteiger partial charge in [0.15, 0.2) is 0 Å². The Hall–Kier alpha value is -0.820. The lowest BCUT2D eigenvalue weighted by Crippen LogP contribution is -2.33. The Morgan fingerprint density at radius 2 is 1.71 bits per heavy atom. The van der Waals surface area contributed by atoms with Crippen molar-refractivity contribution in [2.75, 3.05) is 13.1 Å². The minimum absolute atomic E-state index is 0.324. The van der Waals surface area contributed by atoms with Crippen LogP contribution in [0.1, 0.15) is 38.8 Å². The van der Waals surface area contributed by atoms with Crippen LogP contribution in [0.25, 0.3) is 0 Å². The Labute approximate surface area is 107 Å². The molecule has 0 aliphatic carbocycles. The van der Waals surface area contributed by atoms with Gasteiger partial charge in [-0.1, -0.05) is 57.5 Å². The zero-order valence-electron chi connectivity index (χ0n) is 12.0. The highest BCUT2D eigenvalue weighted by Crippen LogP contribution is 2.21. The third-order valence-corrected chi connectivity index (χ3v) is 2.96. The van der Waals surface area contributed by atoms with Crippen molar-refractivity contribution in [3.63, 3.8) is 0 Å². The molecule has 1 rings (SSSR count). The Kier molecular flexibility index (Phi) is 5.20. The van der Waals surface area contributed by atoms with Crippen molar-refractivity contribution < 1.29 is 0 Å². The summed E-state index contributed by atoms with van der Waals surface area (Å²) in [5.74, 6) is 0.727. The van der Waals surface area contributed by atoms with Gasteiger partial charge in [-0.05, 0) is 36.8 Å². The smallest absolute Gasteiger partial charge is 0.000581 e. The molecule has 0 bridgehead atoms. The van der Waals surface area contributed by atoms with E-state index in [9.17, 15) is 0 Å². The molecule has 0 aliphatic heterocycles. The van der Waals surface area contributed by atoms with Crippen LogP contribution < -0.4 is 5.32 Å². The Morgan fingerprint density at radius 1 is 1.12 bits per heavy atom. The molecule has 1 aromatic carbocycles. The lowest BCUT2D eigenvalue weighted by atomic mass is 9.85. The summed E-state index contributed by atoms with van der Waals surface area (Å²) in [5, 5.41) is 3.56. The van der Waals surface area contributed by atoms with Gasteiger partial charge in [-0.3, -0.25) is 0 Å². The first-order valence-corrected chi connectivity index (χ1v) is 6.65. The number of hydrogen-bond acceptors (Lipinski definition) is 1. The summed E-state index contributed by atoms with van der Waals surface area (Å²) in [5.41, 5.74) is 3.10. The van der Waals surface area contributed by atoms with E-state index in [1.165, 1.54) is 11.1 Å². The molecule has 0 heterocycles. The fraction of sp³-hybridized carbons (Fsp3) is 0.625. The van der Waals surface area contributed by atoms with E-state index in [0.29, 0.717) is 5.41 Å². The Bertz CT molecular complexity index is 322. The first-order chi connectivity index (χ1) is 7.89. The monoisotopic (exact) mass is 233 g/mol. The minimum atomic E-state index is 0.324. The topological polar surface area (TPSA) is 12.0 Å². The molecular formula is C16H27N. The van der Waals surface area contributed by atoms with Crippen LogP contribution >= 0.6 is 0 Å². The van der Waals surface area contributed by atoms with Crippen LogP contribution in [0.2, 0.25) is 0 Å². The van der Waals surface area contributed by atoms with Gasteiger partial charge in [0.1, 0.15) is 0 Å². The van der Waals surface area contributed by atoms with Crippen molar-refractivity contribution in [1.29, 1.82) is 0 Å². The Morgan fingerprint density at radius 3 is 2.24 bits per heavy atom. The second kappa shape index (κ2) is 6.20. The molecule has 0 amide bonds. The molecule has 0 unspecified atom stereocenters. The maximum atomic E-state index is 3.56. The van der Waals surface area contributed by atoms with Gasteiger partial charge in [0, 0.05) is 6.54 Å². The van der Waals surface area contributed by atoms with E-state index < -0.39 is 0 Å². The van der Waals surface area contributed by atoms with Crippen LogP contribution in [-0.2, 0) is 6.42 Å². The summed E-state index contributed by atoms with van der Waals surface area (Å²) >= 11 is 0. The van der Waals surface area contributed by atoms with Crippen LogP contribution in [0.4, 0.5) is 0 Å². The van der Waals surface area contributed by atoms with E-state index in [1.54, 1.807) is 0 Å². The molecule has 0 atom stereocenters. The van der Waals surface area contributed by atoms with Crippen LogP contribution in [0, 0.1) is 18.3 Å². The van der Waals surface area contributed by atoms with Crippen molar-refractivity contribution in [3.05, 3.63) is 35.4 Å². The molecule has 0 aromatic heterocycles. The van der Waals surface area contributed by atoms with Crippen molar-refractivity contribution in [3.8, 4) is 0 Å². The van der Waals surface area contributed by atoms with Crippen LogP contribution in [0.15, 0.2) is 24.3 Å². The fourth-order valence-corrected chi connectivity index (χ4v) is 2.02. The second-order valence-corrected chi connectivity index (χ2v) is 6.35. The summed E-state index contributed by atoms with van der Waals surface area (Å²) in [6, 6.07) is 8.90. The quantitative estimate of drug-likeness (QED) is 0.788. The van der Waals surface area contributed by atoms with Gasteiger partial charge >= 0.3 is 0 Å². The van der Waals surface area contributed by atoms with Crippen LogP contribution in [-0.4, -0.2) is 13.1 Å². The molecule has 0 spiro atoms. The largest absolute Gasteiger partial charge is 0.316 e.